The lowest BCUT2D eigenvalue weighted by molar-refractivity contribution is -0.116. The van der Waals surface area contributed by atoms with Crippen molar-refractivity contribution in [3.63, 3.8) is 0 Å². The van der Waals surface area contributed by atoms with E-state index in [0.717, 1.165) is 17.7 Å². The summed E-state index contributed by atoms with van der Waals surface area (Å²) in [7, 11) is 1.59. The molecule has 0 aliphatic heterocycles. The zero-order valence-corrected chi connectivity index (χ0v) is 16.9. The van der Waals surface area contributed by atoms with Crippen LogP contribution in [0.5, 0.6) is 11.5 Å². The molecule has 0 fully saturated rings. The number of ether oxygens (including phenoxy) is 2. The van der Waals surface area contributed by atoms with Crippen LogP contribution in [0.3, 0.4) is 0 Å². The summed E-state index contributed by atoms with van der Waals surface area (Å²) in [5, 5.41) is 3.45. The number of thiazole rings is 1. The predicted molar refractivity (Wildman–Crippen MR) is 112 cm³/mol. The van der Waals surface area contributed by atoms with E-state index >= 15 is 0 Å². The van der Waals surface area contributed by atoms with Crippen molar-refractivity contribution >= 4 is 22.4 Å². The number of para-hydroxylation sites is 2. The molecule has 5 nitrogen and oxygen atoms in total. The first-order chi connectivity index (χ1) is 13.7. The van der Waals surface area contributed by atoms with Crippen molar-refractivity contribution in [1.29, 1.82) is 0 Å². The lowest BCUT2D eigenvalue weighted by Gasteiger charge is -2.09. The summed E-state index contributed by atoms with van der Waals surface area (Å²) < 4.78 is 10.9. The first-order valence-electron chi connectivity index (χ1n) is 9.26. The van der Waals surface area contributed by atoms with Crippen molar-refractivity contribution in [1.82, 2.24) is 4.98 Å². The van der Waals surface area contributed by atoms with Gasteiger partial charge in [0.05, 0.1) is 20.1 Å². The Morgan fingerprint density at radius 3 is 2.50 bits per heavy atom. The minimum absolute atomic E-state index is 0.122. The molecular formula is C22H24N2O3S. The molecule has 0 atom stereocenters. The van der Waals surface area contributed by atoms with E-state index in [1.165, 1.54) is 22.5 Å². The fourth-order valence-electron chi connectivity index (χ4n) is 2.71. The van der Waals surface area contributed by atoms with Gasteiger partial charge >= 0.3 is 0 Å². The molecule has 3 aromatic rings. The second kappa shape index (κ2) is 9.90. The number of nitrogens with one attached hydrogen (secondary N) is 1. The summed E-state index contributed by atoms with van der Waals surface area (Å²) in [4.78, 5) is 17.6. The van der Waals surface area contributed by atoms with E-state index in [2.05, 4.69) is 41.5 Å². The highest BCUT2D eigenvalue weighted by atomic mass is 32.1. The van der Waals surface area contributed by atoms with Gasteiger partial charge in [-0.15, -0.1) is 11.3 Å². The molecule has 6 heteroatoms. The van der Waals surface area contributed by atoms with Gasteiger partial charge in [0.15, 0.2) is 16.6 Å². The summed E-state index contributed by atoms with van der Waals surface area (Å²) in [6.07, 6.45) is 3.91. The third kappa shape index (κ3) is 5.57. The second-order valence-electron chi connectivity index (χ2n) is 6.28. The maximum atomic E-state index is 12.1. The molecule has 3 rings (SSSR count). The molecule has 1 heterocycles. The van der Waals surface area contributed by atoms with Crippen molar-refractivity contribution in [3.05, 3.63) is 70.7 Å². The largest absolute Gasteiger partial charge is 0.493 e. The summed E-state index contributed by atoms with van der Waals surface area (Å²) in [5.74, 6) is 1.16. The van der Waals surface area contributed by atoms with Gasteiger partial charge in [-0.1, -0.05) is 43.3 Å². The van der Waals surface area contributed by atoms with Gasteiger partial charge in [-0.3, -0.25) is 4.79 Å². The Labute approximate surface area is 169 Å². The van der Waals surface area contributed by atoms with E-state index in [4.69, 9.17) is 9.47 Å². The third-order valence-corrected chi connectivity index (χ3v) is 5.18. The van der Waals surface area contributed by atoms with Gasteiger partial charge in [-0.05, 0) is 29.7 Å². The van der Waals surface area contributed by atoms with E-state index < -0.39 is 0 Å². The quantitative estimate of drug-likeness (QED) is 0.569. The highest BCUT2D eigenvalue weighted by Gasteiger charge is 2.09. The van der Waals surface area contributed by atoms with E-state index in [1.807, 2.05) is 30.5 Å². The number of carbonyl (C=O) groups is 1. The van der Waals surface area contributed by atoms with Gasteiger partial charge in [0.25, 0.3) is 0 Å². The van der Waals surface area contributed by atoms with Crippen LogP contribution in [-0.2, 0) is 17.6 Å². The maximum Gasteiger partial charge on any atom is 0.229 e. The van der Waals surface area contributed by atoms with Crippen molar-refractivity contribution in [2.24, 2.45) is 0 Å². The summed E-state index contributed by atoms with van der Waals surface area (Å²) in [5.41, 5.74) is 2.57. The minimum Gasteiger partial charge on any atom is -0.493 e. The zero-order valence-electron chi connectivity index (χ0n) is 16.1. The monoisotopic (exact) mass is 396 g/mol. The van der Waals surface area contributed by atoms with Crippen LogP contribution in [0.25, 0.3) is 0 Å². The van der Waals surface area contributed by atoms with Gasteiger partial charge in [0.1, 0.15) is 0 Å². The number of amides is 1. The Morgan fingerprint density at radius 2 is 1.79 bits per heavy atom. The van der Waals surface area contributed by atoms with E-state index in [0.29, 0.717) is 16.6 Å². The van der Waals surface area contributed by atoms with Crippen molar-refractivity contribution in [2.45, 2.75) is 26.2 Å². The Hall–Kier alpha value is -2.86. The molecule has 0 spiro atoms. The van der Waals surface area contributed by atoms with Crippen LogP contribution in [-0.4, -0.2) is 24.6 Å². The van der Waals surface area contributed by atoms with Crippen LogP contribution in [0.4, 0.5) is 5.13 Å². The lowest BCUT2D eigenvalue weighted by Crippen LogP contribution is -2.15. The van der Waals surface area contributed by atoms with Crippen LogP contribution >= 0.6 is 11.3 Å². The average Bonchev–Trinajstić information content (AvgIpc) is 3.15. The van der Waals surface area contributed by atoms with Crippen LogP contribution < -0.4 is 14.8 Å². The molecule has 0 aliphatic carbocycles. The fraction of sp³-hybridized carbons (Fsp3) is 0.273. The molecule has 1 amide bonds. The molecule has 0 aliphatic rings. The number of carbonyl (C=O) groups excluding carboxylic acids is 1. The molecule has 2 aromatic carbocycles. The number of anilines is 1. The Morgan fingerprint density at radius 1 is 1.07 bits per heavy atom. The summed E-state index contributed by atoms with van der Waals surface area (Å²) in [6.45, 7) is 2.42. The van der Waals surface area contributed by atoms with Crippen LogP contribution in [0.15, 0.2) is 54.7 Å². The number of nitrogens with zero attached hydrogens (tertiary/aromatic N) is 1. The molecule has 0 saturated carbocycles. The highest BCUT2D eigenvalue weighted by Crippen LogP contribution is 2.26. The fourth-order valence-corrected chi connectivity index (χ4v) is 3.58. The van der Waals surface area contributed by atoms with E-state index in [1.54, 1.807) is 7.11 Å². The molecule has 146 valence electrons. The average molecular weight is 397 g/mol. The molecule has 0 bridgehead atoms. The normalized spacial score (nSPS) is 10.5. The number of rotatable bonds is 9. The van der Waals surface area contributed by atoms with Crippen LogP contribution in [0, 0.1) is 0 Å². The number of hydrogen-bond acceptors (Lipinski definition) is 5. The highest BCUT2D eigenvalue weighted by molar-refractivity contribution is 7.15. The van der Waals surface area contributed by atoms with Crippen molar-refractivity contribution < 1.29 is 14.3 Å². The molecule has 0 unspecified atom stereocenters. The number of aryl methyl sites for hydroxylation is 1. The van der Waals surface area contributed by atoms with Crippen LogP contribution in [0.1, 0.15) is 29.3 Å². The Bertz CT molecular complexity index is 906. The van der Waals surface area contributed by atoms with E-state index in [9.17, 15) is 4.79 Å². The van der Waals surface area contributed by atoms with Gasteiger partial charge in [-0.2, -0.15) is 0 Å². The van der Waals surface area contributed by atoms with Crippen LogP contribution in [0.2, 0.25) is 0 Å². The molecule has 0 radical (unpaired) electrons. The summed E-state index contributed by atoms with van der Waals surface area (Å²) in [6, 6.07) is 16.0. The minimum atomic E-state index is -0.122. The molecule has 1 aromatic heterocycles. The first-order valence-corrected chi connectivity index (χ1v) is 10.1. The van der Waals surface area contributed by atoms with Crippen molar-refractivity contribution in [3.8, 4) is 11.5 Å². The molecule has 0 saturated heterocycles. The van der Waals surface area contributed by atoms with Gasteiger partial charge in [0, 0.05) is 17.5 Å². The molecule has 1 N–H and O–H groups in total. The van der Waals surface area contributed by atoms with Gasteiger partial charge in [-0.25, -0.2) is 4.98 Å². The van der Waals surface area contributed by atoms with Crippen molar-refractivity contribution in [2.75, 3.05) is 19.0 Å². The number of aromatic nitrogens is 1. The van der Waals surface area contributed by atoms with Gasteiger partial charge in [0.2, 0.25) is 5.91 Å². The SMILES string of the molecule is CCc1ccc(Cc2cnc(NC(=O)CCOc3ccccc3OC)s2)cc1. The third-order valence-electron chi connectivity index (χ3n) is 4.27. The topological polar surface area (TPSA) is 60.5 Å². The maximum absolute atomic E-state index is 12.1. The predicted octanol–water partition coefficient (Wildman–Crippen LogP) is 4.71. The Balaban J connectivity index is 1.46. The van der Waals surface area contributed by atoms with E-state index in [-0.39, 0.29) is 18.9 Å². The van der Waals surface area contributed by atoms with Gasteiger partial charge < -0.3 is 14.8 Å². The smallest absolute Gasteiger partial charge is 0.229 e. The lowest BCUT2D eigenvalue weighted by atomic mass is 10.1. The number of benzene rings is 2. The number of methoxy groups -OCH3 is 1. The second-order valence-corrected chi connectivity index (χ2v) is 7.39. The Kier molecular flexibility index (Phi) is 7.03. The number of hydrogen-bond donors (Lipinski definition) is 1. The molecule has 28 heavy (non-hydrogen) atoms. The zero-order chi connectivity index (χ0) is 19.8. The molecular weight excluding hydrogens is 372 g/mol. The first kappa shape index (κ1) is 19.9. The standard InChI is InChI=1S/C22H24N2O3S/c1-3-16-8-10-17(11-9-16)14-18-15-23-22(28-18)24-21(25)12-13-27-20-7-5-4-6-19(20)26-2/h4-11,15H,3,12-14H2,1-2H3,(H,23,24,25). The summed E-state index contributed by atoms with van der Waals surface area (Å²) >= 11 is 1.50.